The number of urea groups is 1. The van der Waals surface area contributed by atoms with E-state index in [0.29, 0.717) is 49.2 Å². The van der Waals surface area contributed by atoms with Gasteiger partial charge in [-0.3, -0.25) is 0 Å². The predicted octanol–water partition coefficient (Wildman–Crippen LogP) is 2.34. The van der Waals surface area contributed by atoms with E-state index in [0.717, 1.165) is 11.6 Å². The van der Waals surface area contributed by atoms with Crippen molar-refractivity contribution < 1.29 is 14.3 Å². The molecule has 3 heterocycles. The van der Waals surface area contributed by atoms with Crippen molar-refractivity contribution in [2.24, 2.45) is 0 Å². The molecule has 0 bridgehead atoms. The van der Waals surface area contributed by atoms with E-state index < -0.39 is 0 Å². The fraction of sp³-hybridized carbons (Fsp3) is 0.333. The lowest BCUT2D eigenvalue weighted by atomic mass is 10.2. The minimum Gasteiger partial charge on any atom is -0.497 e. The normalized spacial score (nSPS) is 13.8. The maximum Gasteiger partial charge on any atom is 0.322 e. The Labute approximate surface area is 180 Å². The Morgan fingerprint density at radius 2 is 1.81 bits per heavy atom. The smallest absolute Gasteiger partial charge is 0.322 e. The summed E-state index contributed by atoms with van der Waals surface area (Å²) in [5.41, 5.74) is 0.603. The summed E-state index contributed by atoms with van der Waals surface area (Å²) in [6.07, 6.45) is 3.56. The highest BCUT2D eigenvalue weighted by Gasteiger charge is 2.23. The average Bonchev–Trinajstić information content (AvgIpc) is 3.34. The topological polar surface area (TPSA) is 97.6 Å². The first-order chi connectivity index (χ1) is 15.1. The summed E-state index contributed by atoms with van der Waals surface area (Å²) in [5.74, 6) is 3.44. The molecule has 0 unspecified atom stereocenters. The molecule has 2 aromatic heterocycles. The van der Waals surface area contributed by atoms with Crippen LogP contribution in [0.1, 0.15) is 5.82 Å². The van der Waals surface area contributed by atoms with Gasteiger partial charge >= 0.3 is 6.03 Å². The van der Waals surface area contributed by atoms with Gasteiger partial charge in [0.05, 0.1) is 19.9 Å². The first-order valence-corrected chi connectivity index (χ1v) is 9.96. The van der Waals surface area contributed by atoms with E-state index in [4.69, 9.17) is 9.47 Å². The number of methoxy groups -OCH3 is 2. The summed E-state index contributed by atoms with van der Waals surface area (Å²) in [6.45, 7) is 4.35. The summed E-state index contributed by atoms with van der Waals surface area (Å²) in [5, 5.41) is 7.17. The molecule has 4 rings (SSSR count). The van der Waals surface area contributed by atoms with Crippen LogP contribution in [0.5, 0.6) is 11.5 Å². The second-order valence-electron chi connectivity index (χ2n) is 7.05. The molecule has 162 valence electrons. The van der Waals surface area contributed by atoms with E-state index in [2.05, 4.69) is 25.3 Å². The van der Waals surface area contributed by atoms with Gasteiger partial charge in [0.15, 0.2) is 5.82 Å². The van der Waals surface area contributed by atoms with Gasteiger partial charge in [0.1, 0.15) is 23.1 Å². The van der Waals surface area contributed by atoms with Gasteiger partial charge in [0.2, 0.25) is 0 Å². The van der Waals surface area contributed by atoms with Gasteiger partial charge in [0.25, 0.3) is 0 Å². The summed E-state index contributed by atoms with van der Waals surface area (Å²) >= 11 is 0. The molecule has 0 atom stereocenters. The second-order valence-corrected chi connectivity index (χ2v) is 7.05. The van der Waals surface area contributed by atoms with Crippen molar-refractivity contribution in [1.82, 2.24) is 24.6 Å². The lowest BCUT2D eigenvalue weighted by Crippen LogP contribution is -2.50. The van der Waals surface area contributed by atoms with Gasteiger partial charge in [0, 0.05) is 50.7 Å². The van der Waals surface area contributed by atoms with Gasteiger partial charge in [-0.25, -0.2) is 19.4 Å². The van der Waals surface area contributed by atoms with E-state index >= 15 is 0 Å². The van der Waals surface area contributed by atoms with Crippen LogP contribution in [0.3, 0.4) is 0 Å². The number of nitrogens with one attached hydrogen (secondary N) is 1. The molecule has 1 aliphatic heterocycles. The van der Waals surface area contributed by atoms with Crippen LogP contribution >= 0.6 is 0 Å². The van der Waals surface area contributed by atoms with Crippen LogP contribution in [-0.4, -0.2) is 71.1 Å². The van der Waals surface area contributed by atoms with E-state index in [1.54, 1.807) is 48.2 Å². The number of hydrogen-bond acceptors (Lipinski definition) is 7. The van der Waals surface area contributed by atoms with E-state index in [-0.39, 0.29) is 6.03 Å². The van der Waals surface area contributed by atoms with Crippen molar-refractivity contribution in [3.8, 4) is 17.3 Å². The van der Waals surface area contributed by atoms with Gasteiger partial charge in [-0.15, -0.1) is 0 Å². The van der Waals surface area contributed by atoms with Gasteiger partial charge < -0.3 is 24.6 Å². The molecule has 1 fully saturated rings. The zero-order valence-corrected chi connectivity index (χ0v) is 17.8. The van der Waals surface area contributed by atoms with Crippen molar-refractivity contribution in [1.29, 1.82) is 0 Å². The zero-order chi connectivity index (χ0) is 21.8. The summed E-state index contributed by atoms with van der Waals surface area (Å²) in [7, 11) is 3.15. The highest BCUT2D eigenvalue weighted by molar-refractivity contribution is 5.91. The second kappa shape index (κ2) is 8.90. The van der Waals surface area contributed by atoms with Gasteiger partial charge in [-0.2, -0.15) is 5.10 Å². The first-order valence-electron chi connectivity index (χ1n) is 9.96. The van der Waals surface area contributed by atoms with E-state index in [1.165, 1.54) is 0 Å². The lowest BCUT2D eigenvalue weighted by molar-refractivity contribution is 0.208. The van der Waals surface area contributed by atoms with Crippen LogP contribution in [-0.2, 0) is 0 Å². The third-order valence-electron chi connectivity index (χ3n) is 5.09. The van der Waals surface area contributed by atoms with Crippen LogP contribution < -0.4 is 19.7 Å². The van der Waals surface area contributed by atoms with Crippen molar-refractivity contribution in [3.05, 3.63) is 48.5 Å². The van der Waals surface area contributed by atoms with Crippen molar-refractivity contribution in [2.75, 3.05) is 50.6 Å². The number of hydrogen-bond donors (Lipinski definition) is 1. The molecule has 1 aromatic carbocycles. The average molecular weight is 423 g/mol. The highest BCUT2D eigenvalue weighted by atomic mass is 16.5. The standard InChI is InChI=1S/C21H25N7O3/c1-15-23-19(14-20(24-15)28-8-4-7-22-28)26-9-11-27(12-10-26)21(29)25-17-6-5-16(30-2)13-18(17)31-3/h4-8,13-14H,9-12H2,1-3H3,(H,25,29). The lowest BCUT2D eigenvalue weighted by Gasteiger charge is -2.35. The quantitative estimate of drug-likeness (QED) is 0.673. The maximum absolute atomic E-state index is 12.8. The number of aromatic nitrogens is 4. The van der Waals surface area contributed by atoms with Crippen LogP contribution in [0.15, 0.2) is 42.7 Å². The van der Waals surface area contributed by atoms with Crippen LogP contribution in [0, 0.1) is 6.92 Å². The summed E-state index contributed by atoms with van der Waals surface area (Å²) in [4.78, 5) is 25.7. The molecule has 0 radical (unpaired) electrons. The monoisotopic (exact) mass is 423 g/mol. The number of carbonyl (C=O) groups excluding carboxylic acids is 1. The molecule has 1 aliphatic rings. The number of amides is 2. The van der Waals surface area contributed by atoms with Crippen molar-refractivity contribution in [3.63, 3.8) is 0 Å². The van der Waals surface area contributed by atoms with Gasteiger partial charge in [-0.05, 0) is 25.1 Å². The fourth-order valence-electron chi connectivity index (χ4n) is 3.45. The third-order valence-corrected chi connectivity index (χ3v) is 5.09. The van der Waals surface area contributed by atoms with Crippen LogP contribution in [0.25, 0.3) is 5.82 Å². The number of carbonyl (C=O) groups is 1. The Morgan fingerprint density at radius 3 is 2.48 bits per heavy atom. The fourth-order valence-corrected chi connectivity index (χ4v) is 3.45. The van der Waals surface area contributed by atoms with Crippen LogP contribution in [0.4, 0.5) is 16.3 Å². The Balaban J connectivity index is 1.40. The minimum atomic E-state index is -0.167. The first kappa shape index (κ1) is 20.5. The molecule has 0 spiro atoms. The van der Waals surface area contributed by atoms with Crippen molar-refractivity contribution >= 4 is 17.5 Å². The molecule has 10 heteroatoms. The Bertz CT molecular complexity index is 1050. The van der Waals surface area contributed by atoms with Crippen LogP contribution in [0.2, 0.25) is 0 Å². The molecule has 3 aromatic rings. The summed E-state index contributed by atoms with van der Waals surface area (Å²) < 4.78 is 12.3. The molecule has 1 saturated heterocycles. The van der Waals surface area contributed by atoms with Gasteiger partial charge in [-0.1, -0.05) is 0 Å². The molecule has 0 aliphatic carbocycles. The van der Waals surface area contributed by atoms with Crippen molar-refractivity contribution in [2.45, 2.75) is 6.92 Å². The largest absolute Gasteiger partial charge is 0.497 e. The number of anilines is 2. The molecule has 10 nitrogen and oxygen atoms in total. The zero-order valence-electron chi connectivity index (χ0n) is 17.8. The molecular formula is C21H25N7O3. The minimum absolute atomic E-state index is 0.167. The Hall–Kier alpha value is -3.82. The number of benzene rings is 1. The molecule has 0 saturated carbocycles. The Kier molecular flexibility index (Phi) is 5.87. The predicted molar refractivity (Wildman–Crippen MR) is 116 cm³/mol. The van der Waals surface area contributed by atoms with E-state index in [9.17, 15) is 4.79 Å². The Morgan fingerprint density at radius 1 is 1.03 bits per heavy atom. The molecule has 1 N–H and O–H groups in total. The number of nitrogens with zero attached hydrogens (tertiary/aromatic N) is 6. The molecular weight excluding hydrogens is 398 g/mol. The third kappa shape index (κ3) is 4.52. The number of ether oxygens (including phenoxy) is 2. The highest BCUT2D eigenvalue weighted by Crippen LogP contribution is 2.29. The molecule has 31 heavy (non-hydrogen) atoms. The number of rotatable bonds is 5. The number of aryl methyl sites for hydroxylation is 1. The summed E-state index contributed by atoms with van der Waals surface area (Å²) in [6, 6.07) is 8.89. The van der Waals surface area contributed by atoms with E-state index in [1.807, 2.05) is 25.3 Å². The number of piperazine rings is 1. The molecule has 2 amide bonds. The SMILES string of the molecule is COc1ccc(NC(=O)N2CCN(c3cc(-n4cccn4)nc(C)n3)CC2)c(OC)c1. The maximum atomic E-state index is 12.8.